The van der Waals surface area contributed by atoms with Gasteiger partial charge in [-0.15, -0.1) is 0 Å². The van der Waals surface area contributed by atoms with Gasteiger partial charge < -0.3 is 14.5 Å². The van der Waals surface area contributed by atoms with E-state index >= 15 is 0 Å². The molecule has 1 heterocycles. The summed E-state index contributed by atoms with van der Waals surface area (Å²) in [6.07, 6.45) is 0. The van der Waals surface area contributed by atoms with Gasteiger partial charge in [-0.05, 0) is 22.3 Å². The van der Waals surface area contributed by atoms with Crippen molar-refractivity contribution in [3.63, 3.8) is 0 Å². The van der Waals surface area contributed by atoms with Gasteiger partial charge in [-0.25, -0.2) is 0 Å². The Labute approximate surface area is 158 Å². The van der Waals surface area contributed by atoms with Gasteiger partial charge in [0, 0.05) is 13.1 Å². The highest BCUT2D eigenvalue weighted by atomic mass is 28.4. The first-order valence-electron chi connectivity index (χ1n) is 9.47. The molecule has 0 aliphatic carbocycles. The summed E-state index contributed by atoms with van der Waals surface area (Å²) in [6, 6.07) is 21.6. The second-order valence-electron chi connectivity index (χ2n) is 8.44. The third-order valence-electron chi connectivity index (χ3n) is 5.15. The van der Waals surface area contributed by atoms with Gasteiger partial charge in [-0.2, -0.15) is 0 Å². The summed E-state index contributed by atoms with van der Waals surface area (Å²) < 4.78 is 13.1. The van der Waals surface area contributed by atoms with Crippen LogP contribution < -0.4 is 15.7 Å². The molecule has 0 unspecified atom stereocenters. The molecule has 1 fully saturated rings. The van der Waals surface area contributed by atoms with E-state index in [1.807, 2.05) is 0 Å². The lowest BCUT2D eigenvalue weighted by molar-refractivity contribution is -0.00149. The van der Waals surface area contributed by atoms with Crippen LogP contribution in [0, 0.1) is 0 Å². The highest BCUT2D eigenvalue weighted by Crippen LogP contribution is 2.39. The van der Waals surface area contributed by atoms with E-state index in [1.54, 1.807) is 0 Å². The number of rotatable bonds is 4. The lowest BCUT2D eigenvalue weighted by Crippen LogP contribution is -2.70. The Bertz CT molecular complexity index is 650. The first kappa shape index (κ1) is 19.3. The van der Waals surface area contributed by atoms with Crippen molar-refractivity contribution in [2.75, 3.05) is 26.3 Å². The molecule has 4 heteroatoms. The number of hydrogen-bond donors (Lipinski definition) is 1. The van der Waals surface area contributed by atoms with E-state index in [2.05, 4.69) is 93.7 Å². The first-order valence-corrected chi connectivity index (χ1v) is 11.4. The van der Waals surface area contributed by atoms with Crippen LogP contribution in [0.3, 0.4) is 0 Å². The van der Waals surface area contributed by atoms with E-state index in [9.17, 15) is 0 Å². The van der Waals surface area contributed by atoms with Gasteiger partial charge in [0.15, 0.2) is 0 Å². The predicted octanol–water partition coefficient (Wildman–Crippen LogP) is 2.94. The molecule has 2 aromatic carbocycles. The van der Waals surface area contributed by atoms with Crippen molar-refractivity contribution in [2.45, 2.75) is 38.3 Å². The zero-order valence-corrected chi connectivity index (χ0v) is 17.4. The Kier molecular flexibility index (Phi) is 5.68. The second kappa shape index (κ2) is 7.65. The second-order valence-corrected chi connectivity index (χ2v) is 12.7. The molecule has 3 nitrogen and oxygen atoms in total. The van der Waals surface area contributed by atoms with E-state index in [0.29, 0.717) is 6.61 Å². The maximum Gasteiger partial charge on any atom is 0.261 e. The largest absolute Gasteiger partial charge is 0.399 e. The van der Waals surface area contributed by atoms with Crippen LogP contribution in [-0.4, -0.2) is 40.2 Å². The Balaban J connectivity index is 2.17. The lowest BCUT2D eigenvalue weighted by atomic mass is 10.1. The summed E-state index contributed by atoms with van der Waals surface area (Å²) >= 11 is 0. The SMILES string of the molecule is CC(C)(C)[Si](O[C@]1(C)CNCCOC1)(c1ccccc1)c1ccccc1. The van der Waals surface area contributed by atoms with Gasteiger partial charge in [0.2, 0.25) is 0 Å². The lowest BCUT2D eigenvalue weighted by Gasteiger charge is -2.48. The topological polar surface area (TPSA) is 30.5 Å². The van der Waals surface area contributed by atoms with Gasteiger partial charge >= 0.3 is 0 Å². The number of nitrogens with one attached hydrogen (secondary N) is 1. The Morgan fingerprint density at radius 3 is 2.00 bits per heavy atom. The van der Waals surface area contributed by atoms with Gasteiger partial charge in [-0.3, -0.25) is 0 Å². The number of hydrogen-bond acceptors (Lipinski definition) is 3. The van der Waals surface area contributed by atoms with Crippen molar-refractivity contribution in [3.8, 4) is 0 Å². The molecule has 0 bridgehead atoms. The minimum absolute atomic E-state index is 0.0228. The molecule has 2 aromatic rings. The van der Waals surface area contributed by atoms with Crippen LogP contribution in [0.25, 0.3) is 0 Å². The fraction of sp³-hybridized carbons (Fsp3) is 0.455. The smallest absolute Gasteiger partial charge is 0.261 e. The van der Waals surface area contributed by atoms with Crippen molar-refractivity contribution >= 4 is 18.7 Å². The molecule has 0 saturated carbocycles. The van der Waals surface area contributed by atoms with Crippen molar-refractivity contribution < 1.29 is 9.16 Å². The van der Waals surface area contributed by atoms with E-state index in [1.165, 1.54) is 10.4 Å². The molecular formula is C22H31NO2Si. The molecule has 1 aliphatic rings. The maximum absolute atomic E-state index is 7.23. The summed E-state index contributed by atoms with van der Waals surface area (Å²) in [5, 5.41) is 6.08. The normalized spacial score (nSPS) is 22.0. The number of benzene rings is 2. The summed E-state index contributed by atoms with van der Waals surface area (Å²) in [5.74, 6) is 0. The third-order valence-corrected chi connectivity index (χ3v) is 10.3. The number of ether oxygens (including phenoxy) is 1. The average Bonchev–Trinajstić information content (AvgIpc) is 2.85. The minimum Gasteiger partial charge on any atom is -0.399 e. The Morgan fingerprint density at radius 1 is 0.962 bits per heavy atom. The van der Waals surface area contributed by atoms with Crippen LogP contribution in [0.4, 0.5) is 0 Å². The van der Waals surface area contributed by atoms with Gasteiger partial charge in [0.25, 0.3) is 8.32 Å². The molecule has 1 N–H and O–H groups in total. The van der Waals surface area contributed by atoms with E-state index < -0.39 is 8.32 Å². The van der Waals surface area contributed by atoms with E-state index in [-0.39, 0.29) is 10.6 Å². The quantitative estimate of drug-likeness (QED) is 0.841. The van der Waals surface area contributed by atoms with Crippen LogP contribution in [0.5, 0.6) is 0 Å². The monoisotopic (exact) mass is 369 g/mol. The van der Waals surface area contributed by atoms with Gasteiger partial charge in [0.1, 0.15) is 0 Å². The highest BCUT2D eigenvalue weighted by molar-refractivity contribution is 6.99. The van der Waals surface area contributed by atoms with E-state index in [0.717, 1.165) is 19.7 Å². The van der Waals surface area contributed by atoms with Crippen LogP contribution in [-0.2, 0) is 9.16 Å². The molecule has 0 amide bonds. The Hall–Kier alpha value is -1.46. The molecule has 0 spiro atoms. The molecule has 1 aliphatic heterocycles. The summed E-state index contributed by atoms with van der Waals surface area (Å²) in [5.41, 5.74) is -0.359. The standard InChI is InChI=1S/C22H31NO2Si/c1-21(2,3)26(19-11-7-5-8-12-19,20-13-9-6-10-14-20)25-22(4)17-23-15-16-24-18-22/h5-14,23H,15-18H2,1-4H3/t22-/m1/s1. The van der Waals surface area contributed by atoms with Crippen molar-refractivity contribution in [1.82, 2.24) is 5.32 Å². The van der Waals surface area contributed by atoms with Crippen molar-refractivity contribution in [1.29, 1.82) is 0 Å². The summed E-state index contributed by atoms with van der Waals surface area (Å²) in [6.45, 7) is 12.2. The van der Waals surface area contributed by atoms with Crippen molar-refractivity contribution in [2.24, 2.45) is 0 Å². The molecule has 1 saturated heterocycles. The molecule has 3 rings (SSSR count). The minimum atomic E-state index is -2.55. The Morgan fingerprint density at radius 2 is 1.50 bits per heavy atom. The molecule has 0 radical (unpaired) electrons. The summed E-state index contributed by atoms with van der Waals surface area (Å²) in [4.78, 5) is 0. The fourth-order valence-electron chi connectivity index (χ4n) is 3.92. The zero-order chi connectivity index (χ0) is 18.7. The van der Waals surface area contributed by atoms with Gasteiger partial charge in [-0.1, -0.05) is 81.4 Å². The maximum atomic E-state index is 7.23. The molecule has 26 heavy (non-hydrogen) atoms. The highest BCUT2D eigenvalue weighted by Gasteiger charge is 2.53. The third kappa shape index (κ3) is 3.79. The molecule has 1 atom stereocenters. The first-order chi connectivity index (χ1) is 12.4. The van der Waals surface area contributed by atoms with Crippen molar-refractivity contribution in [3.05, 3.63) is 60.7 Å². The molecule has 140 valence electrons. The van der Waals surface area contributed by atoms with Gasteiger partial charge in [0.05, 0.1) is 18.8 Å². The van der Waals surface area contributed by atoms with Crippen LogP contribution in [0.15, 0.2) is 60.7 Å². The van der Waals surface area contributed by atoms with Crippen LogP contribution >= 0.6 is 0 Å². The zero-order valence-electron chi connectivity index (χ0n) is 16.4. The summed E-state index contributed by atoms with van der Waals surface area (Å²) in [7, 11) is -2.55. The van der Waals surface area contributed by atoms with Crippen LogP contribution in [0.2, 0.25) is 5.04 Å². The predicted molar refractivity (Wildman–Crippen MR) is 111 cm³/mol. The van der Waals surface area contributed by atoms with Crippen LogP contribution in [0.1, 0.15) is 27.7 Å². The molecule has 0 aromatic heterocycles. The molecular weight excluding hydrogens is 338 g/mol. The van der Waals surface area contributed by atoms with E-state index in [4.69, 9.17) is 9.16 Å². The average molecular weight is 370 g/mol. The fourth-order valence-corrected chi connectivity index (χ4v) is 8.72.